The average Bonchev–Trinajstić information content (AvgIpc) is 2.81. The maximum absolute atomic E-state index is 11.8. The number of amides is 2. The fraction of sp³-hybridized carbons (Fsp3) is 0.833. The summed E-state index contributed by atoms with van der Waals surface area (Å²) in [5.74, 6) is -0.214. The van der Waals surface area contributed by atoms with E-state index in [0.717, 1.165) is 32.3 Å². The Bertz CT molecular complexity index is 300. The van der Waals surface area contributed by atoms with Crippen molar-refractivity contribution in [2.75, 3.05) is 19.7 Å². The van der Waals surface area contributed by atoms with Gasteiger partial charge >= 0.3 is 0 Å². The van der Waals surface area contributed by atoms with Crippen LogP contribution in [0, 0.1) is 0 Å². The van der Waals surface area contributed by atoms with E-state index in [0.29, 0.717) is 12.6 Å². The number of nitrogens with zero attached hydrogens (tertiary/aromatic N) is 1. The SMILES string of the molecule is CC1NCC(=O)N(CCCC2CCCO2)C1=O. The number of carbonyl (C=O) groups is 2. The lowest BCUT2D eigenvalue weighted by molar-refractivity contribution is -0.149. The van der Waals surface area contributed by atoms with Gasteiger partial charge in [0.15, 0.2) is 0 Å². The maximum Gasteiger partial charge on any atom is 0.246 e. The number of piperazine rings is 1. The van der Waals surface area contributed by atoms with Crippen LogP contribution in [-0.2, 0) is 14.3 Å². The van der Waals surface area contributed by atoms with E-state index in [1.165, 1.54) is 4.90 Å². The van der Waals surface area contributed by atoms with Gasteiger partial charge in [-0.25, -0.2) is 0 Å². The zero-order chi connectivity index (χ0) is 12.3. The summed E-state index contributed by atoms with van der Waals surface area (Å²) >= 11 is 0. The van der Waals surface area contributed by atoms with Crippen molar-refractivity contribution < 1.29 is 14.3 Å². The lowest BCUT2D eigenvalue weighted by Gasteiger charge is -2.29. The molecular weight excluding hydrogens is 220 g/mol. The number of rotatable bonds is 4. The molecule has 1 N–H and O–H groups in total. The maximum atomic E-state index is 11.8. The van der Waals surface area contributed by atoms with Crippen LogP contribution in [0.25, 0.3) is 0 Å². The molecule has 5 heteroatoms. The summed E-state index contributed by atoms with van der Waals surface area (Å²) < 4.78 is 5.52. The Morgan fingerprint density at radius 3 is 3.00 bits per heavy atom. The lowest BCUT2D eigenvalue weighted by atomic mass is 10.1. The standard InChI is InChI=1S/C12H20N2O3/c1-9-12(16)14(11(15)8-13-9)6-2-4-10-5-3-7-17-10/h9-10,13H,2-8H2,1H3. The molecule has 2 saturated heterocycles. The summed E-state index contributed by atoms with van der Waals surface area (Å²) in [4.78, 5) is 24.7. The summed E-state index contributed by atoms with van der Waals surface area (Å²) in [7, 11) is 0. The Morgan fingerprint density at radius 1 is 1.47 bits per heavy atom. The van der Waals surface area contributed by atoms with Gasteiger partial charge in [0.25, 0.3) is 0 Å². The highest BCUT2D eigenvalue weighted by Gasteiger charge is 2.30. The quantitative estimate of drug-likeness (QED) is 0.718. The topological polar surface area (TPSA) is 58.6 Å². The molecule has 0 aromatic rings. The van der Waals surface area contributed by atoms with Crippen molar-refractivity contribution >= 4 is 11.8 Å². The molecule has 2 amide bonds. The van der Waals surface area contributed by atoms with Crippen LogP contribution in [0.15, 0.2) is 0 Å². The molecule has 2 heterocycles. The Balaban J connectivity index is 1.76. The van der Waals surface area contributed by atoms with Gasteiger partial charge in [0.2, 0.25) is 11.8 Å². The molecule has 0 aliphatic carbocycles. The third-order valence-electron chi connectivity index (χ3n) is 3.43. The highest BCUT2D eigenvalue weighted by Crippen LogP contribution is 2.17. The first-order valence-electron chi connectivity index (χ1n) is 6.37. The number of hydrogen-bond donors (Lipinski definition) is 1. The van der Waals surface area contributed by atoms with Gasteiger partial charge in [0, 0.05) is 13.2 Å². The minimum atomic E-state index is -0.240. The van der Waals surface area contributed by atoms with Gasteiger partial charge in [-0.2, -0.15) is 0 Å². The van der Waals surface area contributed by atoms with Crippen LogP contribution < -0.4 is 5.32 Å². The van der Waals surface area contributed by atoms with Crippen LogP contribution in [0.1, 0.15) is 32.6 Å². The zero-order valence-corrected chi connectivity index (χ0v) is 10.3. The van der Waals surface area contributed by atoms with E-state index < -0.39 is 0 Å². The van der Waals surface area contributed by atoms with Crippen molar-refractivity contribution in [3.63, 3.8) is 0 Å². The lowest BCUT2D eigenvalue weighted by Crippen LogP contribution is -2.57. The van der Waals surface area contributed by atoms with Crippen molar-refractivity contribution in [2.24, 2.45) is 0 Å². The minimum absolute atomic E-state index is 0.103. The fourth-order valence-electron chi connectivity index (χ4n) is 2.36. The van der Waals surface area contributed by atoms with Gasteiger partial charge in [-0.1, -0.05) is 0 Å². The minimum Gasteiger partial charge on any atom is -0.378 e. The summed E-state index contributed by atoms with van der Waals surface area (Å²) in [6, 6.07) is -0.240. The van der Waals surface area contributed by atoms with Gasteiger partial charge in [0.1, 0.15) is 0 Å². The molecule has 5 nitrogen and oxygen atoms in total. The fourth-order valence-corrected chi connectivity index (χ4v) is 2.36. The van der Waals surface area contributed by atoms with E-state index >= 15 is 0 Å². The van der Waals surface area contributed by atoms with E-state index in [1.54, 1.807) is 6.92 Å². The van der Waals surface area contributed by atoms with Gasteiger partial charge in [-0.15, -0.1) is 0 Å². The van der Waals surface area contributed by atoms with Gasteiger partial charge in [-0.05, 0) is 32.6 Å². The number of imide groups is 1. The number of hydrogen-bond acceptors (Lipinski definition) is 4. The second-order valence-corrected chi connectivity index (χ2v) is 4.76. The second-order valence-electron chi connectivity index (χ2n) is 4.76. The Morgan fingerprint density at radius 2 is 2.29 bits per heavy atom. The molecule has 96 valence electrons. The number of ether oxygens (including phenoxy) is 1. The van der Waals surface area contributed by atoms with Crippen molar-refractivity contribution in [3.8, 4) is 0 Å². The molecule has 0 saturated carbocycles. The average molecular weight is 240 g/mol. The molecule has 2 atom stereocenters. The highest BCUT2D eigenvalue weighted by atomic mass is 16.5. The van der Waals surface area contributed by atoms with Crippen molar-refractivity contribution in [3.05, 3.63) is 0 Å². The first-order valence-corrected chi connectivity index (χ1v) is 6.37. The molecule has 2 fully saturated rings. The predicted molar refractivity (Wildman–Crippen MR) is 62.4 cm³/mol. The van der Waals surface area contributed by atoms with Crippen LogP contribution in [0.3, 0.4) is 0 Å². The van der Waals surface area contributed by atoms with Crippen LogP contribution in [0.2, 0.25) is 0 Å². The van der Waals surface area contributed by atoms with Crippen LogP contribution >= 0.6 is 0 Å². The second kappa shape index (κ2) is 5.60. The molecule has 2 rings (SSSR count). The normalized spacial score (nSPS) is 30.1. The van der Waals surface area contributed by atoms with E-state index in [9.17, 15) is 9.59 Å². The summed E-state index contributed by atoms with van der Waals surface area (Å²) in [6.07, 6.45) is 4.36. The first-order chi connectivity index (χ1) is 8.18. The summed E-state index contributed by atoms with van der Waals surface area (Å²) in [5, 5.41) is 2.88. The van der Waals surface area contributed by atoms with Crippen molar-refractivity contribution in [1.82, 2.24) is 10.2 Å². The first kappa shape index (κ1) is 12.5. The van der Waals surface area contributed by atoms with Gasteiger partial charge in [0.05, 0.1) is 18.7 Å². The summed E-state index contributed by atoms with van der Waals surface area (Å²) in [6.45, 7) is 3.45. The highest BCUT2D eigenvalue weighted by molar-refractivity contribution is 6.00. The smallest absolute Gasteiger partial charge is 0.246 e. The molecule has 0 radical (unpaired) electrons. The van der Waals surface area contributed by atoms with Crippen molar-refractivity contribution in [1.29, 1.82) is 0 Å². The van der Waals surface area contributed by atoms with Crippen LogP contribution in [-0.4, -0.2) is 48.6 Å². The third kappa shape index (κ3) is 3.04. The Labute approximate surface area is 101 Å². The van der Waals surface area contributed by atoms with Gasteiger partial charge < -0.3 is 4.74 Å². The van der Waals surface area contributed by atoms with E-state index in [2.05, 4.69) is 5.32 Å². The van der Waals surface area contributed by atoms with E-state index in [1.807, 2.05) is 0 Å². The van der Waals surface area contributed by atoms with Crippen molar-refractivity contribution in [2.45, 2.75) is 44.8 Å². The molecule has 17 heavy (non-hydrogen) atoms. The molecular formula is C12H20N2O3. The zero-order valence-electron chi connectivity index (χ0n) is 10.3. The molecule has 2 aliphatic heterocycles. The number of carbonyl (C=O) groups excluding carboxylic acids is 2. The molecule has 0 aromatic heterocycles. The van der Waals surface area contributed by atoms with E-state index in [4.69, 9.17) is 4.74 Å². The molecule has 2 aliphatic rings. The summed E-state index contributed by atoms with van der Waals surface area (Å²) in [5.41, 5.74) is 0. The molecule has 2 unspecified atom stereocenters. The Kier molecular flexibility index (Phi) is 4.12. The van der Waals surface area contributed by atoms with Crippen LogP contribution in [0.4, 0.5) is 0 Å². The largest absolute Gasteiger partial charge is 0.378 e. The molecule has 0 aromatic carbocycles. The third-order valence-corrected chi connectivity index (χ3v) is 3.43. The van der Waals surface area contributed by atoms with E-state index in [-0.39, 0.29) is 24.4 Å². The van der Waals surface area contributed by atoms with Gasteiger partial charge in [-0.3, -0.25) is 19.8 Å². The molecule has 0 bridgehead atoms. The monoisotopic (exact) mass is 240 g/mol. The molecule has 0 spiro atoms. The Hall–Kier alpha value is -0.940. The number of nitrogens with one attached hydrogen (secondary N) is 1. The van der Waals surface area contributed by atoms with Crippen LogP contribution in [0.5, 0.6) is 0 Å². The predicted octanol–water partition coefficient (Wildman–Crippen LogP) is 0.292.